The van der Waals surface area contributed by atoms with Crippen LogP contribution in [-0.2, 0) is 16.6 Å². The topological polar surface area (TPSA) is 96.5 Å². The number of sulfonamides is 1. The average Bonchev–Trinajstić information content (AvgIpc) is 3.10. The fourth-order valence-corrected chi connectivity index (χ4v) is 3.52. The summed E-state index contributed by atoms with van der Waals surface area (Å²) in [5.41, 5.74) is 0. The number of amides is 2. The minimum absolute atomic E-state index is 0.0980. The van der Waals surface area contributed by atoms with Crippen molar-refractivity contribution >= 4 is 27.4 Å². The van der Waals surface area contributed by atoms with Gasteiger partial charge in [0.15, 0.2) is 0 Å². The summed E-state index contributed by atoms with van der Waals surface area (Å²) < 4.78 is 31.6. The Bertz CT molecular complexity index is 744. The van der Waals surface area contributed by atoms with Gasteiger partial charge >= 0.3 is 6.03 Å². The van der Waals surface area contributed by atoms with Crippen LogP contribution >= 0.6 is 11.3 Å². The first-order chi connectivity index (χ1) is 11.5. The number of rotatable bonds is 8. The third-order valence-corrected chi connectivity index (χ3v) is 5.43. The van der Waals surface area contributed by atoms with Gasteiger partial charge in [-0.05, 0) is 35.7 Å². The van der Waals surface area contributed by atoms with Crippen molar-refractivity contribution in [3.63, 3.8) is 0 Å². The lowest BCUT2D eigenvalue weighted by Gasteiger charge is -2.09. The molecule has 7 nitrogen and oxygen atoms in total. The fraction of sp³-hybridized carbons (Fsp3) is 0.267. The highest BCUT2D eigenvalue weighted by molar-refractivity contribution is 7.89. The molecule has 24 heavy (non-hydrogen) atoms. The number of hydrogen-bond donors (Lipinski definition) is 3. The lowest BCUT2D eigenvalue weighted by atomic mass is 10.3. The summed E-state index contributed by atoms with van der Waals surface area (Å²) in [7, 11) is -2.10. The molecule has 9 heteroatoms. The molecule has 0 saturated carbocycles. The van der Waals surface area contributed by atoms with Crippen LogP contribution in [0.2, 0.25) is 0 Å². The molecule has 1 aromatic carbocycles. The molecule has 0 radical (unpaired) electrons. The van der Waals surface area contributed by atoms with Gasteiger partial charge in [0.05, 0.1) is 18.6 Å². The number of carbonyl (C=O) groups is 1. The van der Waals surface area contributed by atoms with Crippen LogP contribution in [0, 0.1) is 0 Å². The molecule has 0 spiro atoms. The molecular formula is C15H19N3O4S2. The van der Waals surface area contributed by atoms with Crippen molar-refractivity contribution in [2.75, 3.05) is 20.2 Å². The van der Waals surface area contributed by atoms with E-state index >= 15 is 0 Å². The molecule has 0 bridgehead atoms. The monoisotopic (exact) mass is 369 g/mol. The number of nitrogens with one attached hydrogen (secondary N) is 3. The van der Waals surface area contributed by atoms with Crippen LogP contribution in [0.15, 0.2) is 46.7 Å². The molecule has 1 heterocycles. The van der Waals surface area contributed by atoms with Crippen molar-refractivity contribution in [2.45, 2.75) is 11.4 Å². The SMILES string of the molecule is COc1ccc(S(=O)(=O)NCCNC(=O)NCc2cccs2)cc1. The predicted octanol–water partition coefficient (Wildman–Crippen LogP) is 1.53. The van der Waals surface area contributed by atoms with E-state index in [9.17, 15) is 13.2 Å². The van der Waals surface area contributed by atoms with Crippen LogP contribution in [-0.4, -0.2) is 34.6 Å². The Morgan fingerprint density at radius 1 is 1.12 bits per heavy atom. The highest BCUT2D eigenvalue weighted by atomic mass is 32.2. The molecule has 0 aliphatic carbocycles. The largest absolute Gasteiger partial charge is 0.497 e. The van der Waals surface area contributed by atoms with Gasteiger partial charge in [-0.1, -0.05) is 6.07 Å². The van der Waals surface area contributed by atoms with Crippen LogP contribution in [0.4, 0.5) is 4.79 Å². The summed E-state index contributed by atoms with van der Waals surface area (Å²) in [6, 6.07) is 9.56. The van der Waals surface area contributed by atoms with Crippen LogP contribution in [0.3, 0.4) is 0 Å². The normalized spacial score (nSPS) is 11.0. The second kappa shape index (κ2) is 8.67. The van der Waals surface area contributed by atoms with E-state index in [0.29, 0.717) is 12.3 Å². The van der Waals surface area contributed by atoms with Crippen LogP contribution in [0.1, 0.15) is 4.88 Å². The predicted molar refractivity (Wildman–Crippen MR) is 92.7 cm³/mol. The third kappa shape index (κ3) is 5.52. The first-order valence-electron chi connectivity index (χ1n) is 7.19. The van der Waals surface area contributed by atoms with Crippen molar-refractivity contribution < 1.29 is 17.9 Å². The van der Waals surface area contributed by atoms with E-state index < -0.39 is 10.0 Å². The van der Waals surface area contributed by atoms with Crippen molar-refractivity contribution in [2.24, 2.45) is 0 Å². The van der Waals surface area contributed by atoms with Gasteiger partial charge in [-0.25, -0.2) is 17.9 Å². The van der Waals surface area contributed by atoms with E-state index in [-0.39, 0.29) is 24.0 Å². The smallest absolute Gasteiger partial charge is 0.315 e. The molecule has 130 valence electrons. The highest BCUT2D eigenvalue weighted by Gasteiger charge is 2.13. The Morgan fingerprint density at radius 2 is 1.88 bits per heavy atom. The van der Waals surface area contributed by atoms with Gasteiger partial charge in [-0.2, -0.15) is 0 Å². The molecule has 0 saturated heterocycles. The number of methoxy groups -OCH3 is 1. The first kappa shape index (κ1) is 18.2. The molecule has 2 aromatic rings. The Morgan fingerprint density at radius 3 is 2.50 bits per heavy atom. The Hall–Kier alpha value is -2.10. The maximum atomic E-state index is 12.1. The van der Waals surface area contributed by atoms with Crippen molar-refractivity contribution in [3.05, 3.63) is 46.7 Å². The maximum Gasteiger partial charge on any atom is 0.315 e. The minimum atomic E-state index is -3.61. The minimum Gasteiger partial charge on any atom is -0.497 e. The third-order valence-electron chi connectivity index (χ3n) is 3.08. The van der Waals surface area contributed by atoms with E-state index in [1.165, 1.54) is 19.2 Å². The molecule has 0 unspecified atom stereocenters. The van der Waals surface area contributed by atoms with Gasteiger partial charge in [0.25, 0.3) is 0 Å². The summed E-state index contributed by atoms with van der Waals surface area (Å²) in [5, 5.41) is 7.22. The molecular weight excluding hydrogens is 350 g/mol. The zero-order chi connectivity index (χ0) is 17.4. The Balaban J connectivity index is 1.71. The molecule has 3 N–H and O–H groups in total. The van der Waals surface area contributed by atoms with Gasteiger partial charge in [0, 0.05) is 18.0 Å². The van der Waals surface area contributed by atoms with Crippen molar-refractivity contribution in [1.29, 1.82) is 0 Å². The summed E-state index contributed by atoms with van der Waals surface area (Å²) in [6.45, 7) is 0.730. The number of hydrogen-bond acceptors (Lipinski definition) is 5. The number of thiophene rings is 1. The molecule has 0 aliphatic heterocycles. The molecule has 0 fully saturated rings. The molecule has 0 aliphatic rings. The van der Waals surface area contributed by atoms with E-state index in [1.54, 1.807) is 23.5 Å². The number of ether oxygens (including phenoxy) is 1. The van der Waals surface area contributed by atoms with E-state index in [0.717, 1.165) is 4.88 Å². The lowest BCUT2D eigenvalue weighted by molar-refractivity contribution is 0.240. The van der Waals surface area contributed by atoms with E-state index in [1.807, 2.05) is 17.5 Å². The molecule has 1 aromatic heterocycles. The zero-order valence-electron chi connectivity index (χ0n) is 13.1. The summed E-state index contributed by atoms with van der Waals surface area (Å²) in [4.78, 5) is 12.8. The van der Waals surface area contributed by atoms with Crippen molar-refractivity contribution in [1.82, 2.24) is 15.4 Å². The highest BCUT2D eigenvalue weighted by Crippen LogP contribution is 2.14. The standard InChI is InChI=1S/C15H19N3O4S2/c1-22-12-4-6-14(7-5-12)24(20,21)18-9-8-16-15(19)17-11-13-3-2-10-23-13/h2-7,10,18H,8-9,11H2,1H3,(H2,16,17,19). The average molecular weight is 369 g/mol. The van der Waals surface area contributed by atoms with Crippen LogP contribution < -0.4 is 20.1 Å². The summed E-state index contributed by atoms with van der Waals surface area (Å²) >= 11 is 1.55. The van der Waals surface area contributed by atoms with Crippen LogP contribution in [0.5, 0.6) is 5.75 Å². The van der Waals surface area contributed by atoms with Gasteiger partial charge < -0.3 is 15.4 Å². The molecule has 2 rings (SSSR count). The summed E-state index contributed by atoms with van der Waals surface area (Å²) in [5.74, 6) is 0.582. The number of urea groups is 1. The first-order valence-corrected chi connectivity index (χ1v) is 9.55. The Kier molecular flexibility index (Phi) is 6.59. The van der Waals surface area contributed by atoms with Gasteiger partial charge in [0.2, 0.25) is 10.0 Å². The quantitative estimate of drug-likeness (QED) is 0.615. The lowest BCUT2D eigenvalue weighted by Crippen LogP contribution is -2.39. The number of carbonyl (C=O) groups excluding carboxylic acids is 1. The zero-order valence-corrected chi connectivity index (χ0v) is 14.7. The fourth-order valence-electron chi connectivity index (χ4n) is 1.84. The second-order valence-corrected chi connectivity index (χ2v) is 7.56. The summed E-state index contributed by atoms with van der Waals surface area (Å²) in [6.07, 6.45) is 0. The van der Waals surface area contributed by atoms with Gasteiger partial charge in [-0.3, -0.25) is 0 Å². The molecule has 2 amide bonds. The van der Waals surface area contributed by atoms with Crippen LogP contribution in [0.25, 0.3) is 0 Å². The second-order valence-electron chi connectivity index (χ2n) is 4.76. The maximum absolute atomic E-state index is 12.1. The van der Waals surface area contributed by atoms with Gasteiger partial charge in [-0.15, -0.1) is 11.3 Å². The van der Waals surface area contributed by atoms with E-state index in [4.69, 9.17) is 4.74 Å². The van der Waals surface area contributed by atoms with Crippen molar-refractivity contribution in [3.8, 4) is 5.75 Å². The Labute approximate surface area is 145 Å². The number of benzene rings is 1. The molecule has 0 atom stereocenters. The van der Waals surface area contributed by atoms with E-state index in [2.05, 4.69) is 15.4 Å². The van der Waals surface area contributed by atoms with Gasteiger partial charge in [0.1, 0.15) is 5.75 Å².